The molecule has 0 aliphatic heterocycles. The first-order valence-corrected chi connectivity index (χ1v) is 5.42. The van der Waals surface area contributed by atoms with Gasteiger partial charge in [-0.2, -0.15) is 0 Å². The van der Waals surface area contributed by atoms with Crippen LogP contribution in [0.4, 0.5) is 5.69 Å². The Morgan fingerprint density at radius 1 is 1.42 bits per heavy atom. The highest BCUT2D eigenvalue weighted by atomic mass is 35.5. The normalized spacial score (nSPS) is 10.0. The van der Waals surface area contributed by atoms with Crippen LogP contribution in [0.15, 0.2) is 12.1 Å². The van der Waals surface area contributed by atoms with E-state index in [0.29, 0.717) is 0 Å². The second kappa shape index (κ2) is 6.32. The number of hydroxylamine groups is 1. The number of carbonyl (C=O) groups excluding carboxylic acids is 2. The standard InChI is InChI=1S/C9H7Cl2N3O5/c10-5-1-4(2-6(8(5)11)14(17)18)9(16)13-19-3-7(12)15/h1-2H,3H2,(H2,12,15)(H,13,16). The van der Waals surface area contributed by atoms with E-state index in [-0.39, 0.29) is 15.6 Å². The molecule has 2 amide bonds. The number of carbonyl (C=O) groups is 2. The Morgan fingerprint density at radius 3 is 2.58 bits per heavy atom. The first-order chi connectivity index (χ1) is 8.82. The number of nitrogens with zero attached hydrogens (tertiary/aromatic N) is 1. The molecule has 3 N–H and O–H groups in total. The third-order valence-electron chi connectivity index (χ3n) is 1.85. The zero-order valence-electron chi connectivity index (χ0n) is 9.18. The number of nitrogens with two attached hydrogens (primary N) is 1. The minimum absolute atomic E-state index is 0.148. The average molecular weight is 308 g/mol. The van der Waals surface area contributed by atoms with Gasteiger partial charge in [0, 0.05) is 11.6 Å². The molecular weight excluding hydrogens is 301 g/mol. The van der Waals surface area contributed by atoms with Gasteiger partial charge in [-0.25, -0.2) is 5.48 Å². The first-order valence-electron chi connectivity index (χ1n) is 4.66. The molecule has 1 aromatic rings. The largest absolute Gasteiger partial charge is 0.368 e. The Morgan fingerprint density at radius 2 is 2.05 bits per heavy atom. The molecule has 0 bridgehead atoms. The van der Waals surface area contributed by atoms with Gasteiger partial charge in [-0.05, 0) is 6.07 Å². The summed E-state index contributed by atoms with van der Waals surface area (Å²) in [7, 11) is 0. The lowest BCUT2D eigenvalue weighted by Crippen LogP contribution is -2.29. The van der Waals surface area contributed by atoms with E-state index in [4.69, 9.17) is 28.9 Å². The Kier molecular flexibility index (Phi) is 5.04. The van der Waals surface area contributed by atoms with E-state index in [2.05, 4.69) is 4.84 Å². The minimum atomic E-state index is -0.831. The molecule has 0 heterocycles. The number of nitro groups is 1. The summed E-state index contributed by atoms with van der Waals surface area (Å²) in [5, 5.41) is 10.3. The topological polar surface area (TPSA) is 125 Å². The maximum atomic E-state index is 11.6. The van der Waals surface area contributed by atoms with Gasteiger partial charge in [-0.3, -0.25) is 24.5 Å². The van der Waals surface area contributed by atoms with Gasteiger partial charge < -0.3 is 5.73 Å². The summed E-state index contributed by atoms with van der Waals surface area (Å²) in [5.41, 5.74) is 5.99. The molecule has 0 saturated carbocycles. The number of halogens is 2. The maximum absolute atomic E-state index is 11.6. The number of rotatable bonds is 5. The molecule has 0 aliphatic rings. The molecule has 0 radical (unpaired) electrons. The number of nitrogens with one attached hydrogen (secondary N) is 1. The number of primary amides is 1. The van der Waals surface area contributed by atoms with Crippen molar-refractivity contribution in [1.29, 1.82) is 0 Å². The summed E-state index contributed by atoms with van der Waals surface area (Å²) in [5.74, 6) is -1.62. The monoisotopic (exact) mass is 307 g/mol. The number of hydrogen-bond acceptors (Lipinski definition) is 5. The molecule has 0 aliphatic carbocycles. The van der Waals surface area contributed by atoms with Crippen molar-refractivity contribution in [3.8, 4) is 0 Å². The third-order valence-corrected chi connectivity index (χ3v) is 2.64. The molecule has 1 rings (SSSR count). The summed E-state index contributed by atoms with van der Waals surface area (Å²) in [4.78, 5) is 36.3. The van der Waals surface area contributed by atoms with Gasteiger partial charge >= 0.3 is 0 Å². The predicted molar refractivity (Wildman–Crippen MR) is 65.7 cm³/mol. The highest BCUT2D eigenvalue weighted by molar-refractivity contribution is 6.43. The fraction of sp³-hybridized carbons (Fsp3) is 0.111. The second-order valence-electron chi connectivity index (χ2n) is 3.23. The average Bonchev–Trinajstić information content (AvgIpc) is 2.31. The summed E-state index contributed by atoms with van der Waals surface area (Å²) in [6.45, 7) is -0.533. The highest BCUT2D eigenvalue weighted by Gasteiger charge is 2.20. The van der Waals surface area contributed by atoms with Crippen molar-refractivity contribution in [3.05, 3.63) is 37.9 Å². The predicted octanol–water partition coefficient (Wildman–Crippen LogP) is 1.05. The lowest BCUT2D eigenvalue weighted by Gasteiger charge is -2.05. The molecular formula is C9H7Cl2N3O5. The van der Waals surface area contributed by atoms with Crippen molar-refractivity contribution in [1.82, 2.24) is 5.48 Å². The zero-order chi connectivity index (χ0) is 14.6. The van der Waals surface area contributed by atoms with Crippen molar-refractivity contribution < 1.29 is 19.3 Å². The highest BCUT2D eigenvalue weighted by Crippen LogP contribution is 2.32. The summed E-state index contributed by atoms with van der Waals surface area (Å²) in [6.07, 6.45) is 0. The maximum Gasteiger partial charge on any atom is 0.290 e. The Hall–Kier alpha value is -1.90. The first kappa shape index (κ1) is 15.2. The fourth-order valence-corrected chi connectivity index (χ4v) is 1.46. The van der Waals surface area contributed by atoms with E-state index in [1.54, 1.807) is 0 Å². The number of benzene rings is 1. The number of nitro benzene ring substituents is 1. The van der Waals surface area contributed by atoms with Gasteiger partial charge in [0.25, 0.3) is 11.6 Å². The van der Waals surface area contributed by atoms with E-state index >= 15 is 0 Å². The third kappa shape index (κ3) is 4.05. The van der Waals surface area contributed by atoms with Crippen LogP contribution < -0.4 is 11.2 Å². The molecule has 8 nitrogen and oxygen atoms in total. The Balaban J connectivity index is 2.92. The van der Waals surface area contributed by atoms with Gasteiger partial charge in [-0.15, -0.1) is 0 Å². The quantitative estimate of drug-likeness (QED) is 0.621. The fourth-order valence-electron chi connectivity index (χ4n) is 1.07. The van der Waals surface area contributed by atoms with Crippen molar-refractivity contribution in [2.24, 2.45) is 5.73 Å². The van der Waals surface area contributed by atoms with Gasteiger partial charge in [0.1, 0.15) is 5.02 Å². The van der Waals surface area contributed by atoms with Crippen LogP contribution in [0.2, 0.25) is 10.0 Å². The van der Waals surface area contributed by atoms with Crippen LogP contribution in [-0.4, -0.2) is 23.3 Å². The van der Waals surface area contributed by atoms with Gasteiger partial charge in [-0.1, -0.05) is 23.2 Å². The molecule has 0 saturated heterocycles. The molecule has 10 heteroatoms. The minimum Gasteiger partial charge on any atom is -0.368 e. The molecule has 0 fully saturated rings. The lowest BCUT2D eigenvalue weighted by atomic mass is 10.2. The van der Waals surface area contributed by atoms with Crippen molar-refractivity contribution >= 4 is 40.7 Å². The van der Waals surface area contributed by atoms with Crippen molar-refractivity contribution in [3.63, 3.8) is 0 Å². The molecule has 19 heavy (non-hydrogen) atoms. The summed E-state index contributed by atoms with van der Waals surface area (Å²) in [6, 6.07) is 2.05. The molecule has 0 atom stereocenters. The summed E-state index contributed by atoms with van der Waals surface area (Å²) >= 11 is 11.3. The Labute approximate surface area is 116 Å². The van der Waals surface area contributed by atoms with E-state index < -0.39 is 29.0 Å². The van der Waals surface area contributed by atoms with Crippen molar-refractivity contribution in [2.75, 3.05) is 6.61 Å². The van der Waals surface area contributed by atoms with Crippen LogP contribution in [0.25, 0.3) is 0 Å². The van der Waals surface area contributed by atoms with Crippen LogP contribution in [-0.2, 0) is 9.63 Å². The van der Waals surface area contributed by atoms with E-state index in [1.165, 1.54) is 0 Å². The second-order valence-corrected chi connectivity index (χ2v) is 4.02. The van der Waals surface area contributed by atoms with E-state index in [1.807, 2.05) is 5.48 Å². The van der Waals surface area contributed by atoms with Crippen LogP contribution in [0.5, 0.6) is 0 Å². The molecule has 102 valence electrons. The zero-order valence-corrected chi connectivity index (χ0v) is 10.7. The van der Waals surface area contributed by atoms with Crippen LogP contribution in [0.1, 0.15) is 10.4 Å². The van der Waals surface area contributed by atoms with Gasteiger partial charge in [0.15, 0.2) is 6.61 Å². The molecule has 1 aromatic carbocycles. The molecule has 0 aromatic heterocycles. The van der Waals surface area contributed by atoms with Crippen LogP contribution in [0.3, 0.4) is 0 Å². The summed E-state index contributed by atoms with van der Waals surface area (Å²) < 4.78 is 0. The Bertz CT molecular complexity index is 549. The molecule has 0 spiro atoms. The van der Waals surface area contributed by atoms with Gasteiger partial charge in [0.2, 0.25) is 5.91 Å². The lowest BCUT2D eigenvalue weighted by molar-refractivity contribution is -0.384. The van der Waals surface area contributed by atoms with Gasteiger partial charge in [0.05, 0.1) is 9.95 Å². The van der Waals surface area contributed by atoms with Crippen molar-refractivity contribution in [2.45, 2.75) is 0 Å². The van der Waals surface area contributed by atoms with E-state index in [0.717, 1.165) is 12.1 Å². The SMILES string of the molecule is NC(=O)CONC(=O)c1cc(Cl)c(Cl)c([N+](=O)[O-])c1. The smallest absolute Gasteiger partial charge is 0.290 e. The number of amides is 2. The van der Waals surface area contributed by atoms with Crippen LogP contribution >= 0.6 is 23.2 Å². The number of hydrogen-bond donors (Lipinski definition) is 2. The molecule has 0 unspecified atom stereocenters. The van der Waals surface area contributed by atoms with Crippen LogP contribution in [0, 0.1) is 10.1 Å². The van der Waals surface area contributed by atoms with E-state index in [9.17, 15) is 19.7 Å².